The fourth-order valence-corrected chi connectivity index (χ4v) is 1.97. The van der Waals surface area contributed by atoms with E-state index in [0.717, 1.165) is 19.0 Å². The van der Waals surface area contributed by atoms with Crippen LogP contribution < -0.4 is 5.32 Å². The topological polar surface area (TPSA) is 12.0 Å². The molecule has 0 heterocycles. The fraction of sp³-hybridized carbons (Fsp3) is 0.600. The molecule has 1 atom stereocenters. The van der Waals surface area contributed by atoms with Gasteiger partial charge in [0.2, 0.25) is 0 Å². The maximum atomic E-state index is 12.6. The number of benzene rings is 1. The molecule has 0 aromatic heterocycles. The molecule has 1 unspecified atom stereocenters. The number of rotatable bonds is 7. The third-order valence-electron chi connectivity index (χ3n) is 3.19. The van der Waals surface area contributed by atoms with Gasteiger partial charge in [0, 0.05) is 6.04 Å². The molecule has 1 nitrogen and oxygen atoms in total. The molecule has 0 radical (unpaired) electrons. The van der Waals surface area contributed by atoms with E-state index in [9.17, 15) is 13.2 Å². The van der Waals surface area contributed by atoms with Gasteiger partial charge in [0.05, 0.1) is 5.56 Å². The molecule has 1 N–H and O–H groups in total. The lowest BCUT2D eigenvalue weighted by Gasteiger charge is -2.16. The maximum Gasteiger partial charge on any atom is 0.416 e. The molecule has 0 aliphatic rings. The van der Waals surface area contributed by atoms with Crippen molar-refractivity contribution < 1.29 is 13.2 Å². The average Bonchev–Trinajstić information content (AvgIpc) is 2.37. The molecule has 1 aromatic rings. The van der Waals surface area contributed by atoms with Crippen molar-refractivity contribution in [3.05, 3.63) is 35.4 Å². The molecule has 19 heavy (non-hydrogen) atoms. The summed E-state index contributed by atoms with van der Waals surface area (Å²) in [6.07, 6.45) is 0.357. The van der Waals surface area contributed by atoms with Crippen LogP contribution in [0.15, 0.2) is 24.3 Å². The summed E-state index contributed by atoms with van der Waals surface area (Å²) >= 11 is 0. The zero-order valence-electron chi connectivity index (χ0n) is 11.6. The lowest BCUT2D eigenvalue weighted by atomic mass is 10.0. The largest absolute Gasteiger partial charge is 0.416 e. The highest BCUT2D eigenvalue weighted by Gasteiger charge is 2.30. The Morgan fingerprint density at radius 1 is 1.16 bits per heavy atom. The van der Waals surface area contributed by atoms with Crippen LogP contribution in [0.2, 0.25) is 0 Å². The van der Waals surface area contributed by atoms with E-state index in [2.05, 4.69) is 12.2 Å². The van der Waals surface area contributed by atoms with Gasteiger partial charge in [-0.1, -0.05) is 38.3 Å². The summed E-state index contributed by atoms with van der Waals surface area (Å²) in [5, 5.41) is 3.27. The van der Waals surface area contributed by atoms with Gasteiger partial charge in [0.1, 0.15) is 0 Å². The third-order valence-corrected chi connectivity index (χ3v) is 3.19. The second-order valence-corrected chi connectivity index (χ2v) is 4.86. The average molecular weight is 273 g/mol. The van der Waals surface area contributed by atoms with Gasteiger partial charge in [-0.2, -0.15) is 13.2 Å². The van der Waals surface area contributed by atoms with Crippen molar-refractivity contribution in [2.75, 3.05) is 6.54 Å². The summed E-state index contributed by atoms with van der Waals surface area (Å²) in [5.74, 6) is 0. The minimum atomic E-state index is -4.27. The molecule has 0 aliphatic heterocycles. The van der Waals surface area contributed by atoms with E-state index in [4.69, 9.17) is 0 Å². The van der Waals surface area contributed by atoms with E-state index in [1.54, 1.807) is 6.07 Å². The zero-order chi connectivity index (χ0) is 14.3. The van der Waals surface area contributed by atoms with E-state index in [1.807, 2.05) is 6.92 Å². The number of unbranched alkanes of at least 4 members (excludes halogenated alkanes) is 3. The third kappa shape index (κ3) is 5.64. The predicted molar refractivity (Wildman–Crippen MR) is 72.0 cm³/mol. The Balaban J connectivity index is 2.50. The van der Waals surface area contributed by atoms with Crippen LogP contribution in [-0.2, 0) is 6.18 Å². The van der Waals surface area contributed by atoms with E-state index >= 15 is 0 Å². The van der Waals surface area contributed by atoms with Gasteiger partial charge in [-0.25, -0.2) is 0 Å². The van der Waals surface area contributed by atoms with Crippen LogP contribution in [0.5, 0.6) is 0 Å². The van der Waals surface area contributed by atoms with E-state index in [0.29, 0.717) is 5.56 Å². The van der Waals surface area contributed by atoms with Gasteiger partial charge in [-0.05, 0) is 37.6 Å². The first-order chi connectivity index (χ1) is 8.95. The Kier molecular flexibility index (Phi) is 6.35. The molecular formula is C15H22F3N. The molecule has 4 heteroatoms. The van der Waals surface area contributed by atoms with Crippen LogP contribution in [0, 0.1) is 0 Å². The molecule has 0 fully saturated rings. The van der Waals surface area contributed by atoms with Gasteiger partial charge in [0.25, 0.3) is 0 Å². The molecule has 0 saturated heterocycles. The van der Waals surface area contributed by atoms with Gasteiger partial charge < -0.3 is 5.32 Å². The Hall–Kier alpha value is -1.03. The molecule has 1 aromatic carbocycles. The number of halogens is 3. The summed E-state index contributed by atoms with van der Waals surface area (Å²) < 4.78 is 37.8. The molecule has 108 valence electrons. The Bertz CT molecular complexity index is 374. The highest BCUT2D eigenvalue weighted by Crippen LogP contribution is 2.30. The SMILES string of the molecule is CCCCCCNC(C)c1cccc(C(F)(F)F)c1. The summed E-state index contributed by atoms with van der Waals surface area (Å²) in [5.41, 5.74) is 0.106. The lowest BCUT2D eigenvalue weighted by Crippen LogP contribution is -2.20. The van der Waals surface area contributed by atoms with Crippen molar-refractivity contribution in [1.82, 2.24) is 5.32 Å². The van der Waals surface area contributed by atoms with Crippen LogP contribution in [0.1, 0.15) is 56.7 Å². The summed E-state index contributed by atoms with van der Waals surface area (Å²) in [6, 6.07) is 5.48. The van der Waals surface area contributed by atoms with Crippen molar-refractivity contribution in [2.45, 2.75) is 51.7 Å². The second-order valence-electron chi connectivity index (χ2n) is 4.86. The minimum absolute atomic E-state index is 0.0519. The van der Waals surface area contributed by atoms with E-state index < -0.39 is 11.7 Å². The first-order valence-electron chi connectivity index (χ1n) is 6.85. The smallest absolute Gasteiger partial charge is 0.310 e. The van der Waals surface area contributed by atoms with Gasteiger partial charge in [0.15, 0.2) is 0 Å². The lowest BCUT2D eigenvalue weighted by molar-refractivity contribution is -0.137. The highest BCUT2D eigenvalue weighted by atomic mass is 19.4. The highest BCUT2D eigenvalue weighted by molar-refractivity contribution is 5.27. The van der Waals surface area contributed by atoms with Crippen molar-refractivity contribution in [2.24, 2.45) is 0 Å². The number of nitrogens with one attached hydrogen (secondary N) is 1. The summed E-state index contributed by atoms with van der Waals surface area (Å²) in [6.45, 7) is 4.89. The van der Waals surface area contributed by atoms with Crippen LogP contribution in [0.3, 0.4) is 0 Å². The number of hydrogen-bond acceptors (Lipinski definition) is 1. The van der Waals surface area contributed by atoms with Gasteiger partial charge in [-0.3, -0.25) is 0 Å². The van der Waals surface area contributed by atoms with E-state index in [1.165, 1.54) is 31.4 Å². The van der Waals surface area contributed by atoms with Crippen LogP contribution >= 0.6 is 0 Å². The second kappa shape index (κ2) is 7.53. The Morgan fingerprint density at radius 2 is 1.89 bits per heavy atom. The molecule has 0 saturated carbocycles. The summed E-state index contributed by atoms with van der Waals surface area (Å²) in [4.78, 5) is 0. The van der Waals surface area contributed by atoms with Crippen molar-refractivity contribution in [3.63, 3.8) is 0 Å². The zero-order valence-corrected chi connectivity index (χ0v) is 11.6. The first kappa shape index (κ1) is 16.0. The van der Waals surface area contributed by atoms with Crippen LogP contribution in [0.4, 0.5) is 13.2 Å². The summed E-state index contributed by atoms with van der Waals surface area (Å²) in [7, 11) is 0. The quantitative estimate of drug-likeness (QED) is 0.694. The molecule has 0 spiro atoms. The van der Waals surface area contributed by atoms with Gasteiger partial charge in [-0.15, -0.1) is 0 Å². The van der Waals surface area contributed by atoms with Crippen molar-refractivity contribution in [3.8, 4) is 0 Å². The van der Waals surface area contributed by atoms with Crippen molar-refractivity contribution in [1.29, 1.82) is 0 Å². The Morgan fingerprint density at radius 3 is 2.53 bits per heavy atom. The van der Waals surface area contributed by atoms with Crippen LogP contribution in [0.25, 0.3) is 0 Å². The van der Waals surface area contributed by atoms with Crippen molar-refractivity contribution >= 4 is 0 Å². The Labute approximate surface area is 113 Å². The normalized spacial score (nSPS) is 13.5. The molecular weight excluding hydrogens is 251 g/mol. The van der Waals surface area contributed by atoms with Crippen LogP contribution in [-0.4, -0.2) is 6.54 Å². The minimum Gasteiger partial charge on any atom is -0.310 e. The molecule has 0 amide bonds. The predicted octanol–water partition coefficient (Wildman–Crippen LogP) is 4.94. The maximum absolute atomic E-state index is 12.6. The van der Waals surface area contributed by atoms with E-state index in [-0.39, 0.29) is 6.04 Å². The fourth-order valence-electron chi connectivity index (χ4n) is 1.97. The molecule has 0 aliphatic carbocycles. The number of alkyl halides is 3. The molecule has 1 rings (SSSR count). The number of hydrogen-bond donors (Lipinski definition) is 1. The molecule has 0 bridgehead atoms. The standard InChI is InChI=1S/C15H22F3N/c1-3-4-5-6-10-19-12(2)13-8-7-9-14(11-13)15(16,17)18/h7-9,11-12,19H,3-6,10H2,1-2H3. The van der Waals surface area contributed by atoms with Gasteiger partial charge >= 0.3 is 6.18 Å². The monoisotopic (exact) mass is 273 g/mol. The first-order valence-corrected chi connectivity index (χ1v) is 6.85.